The molecule has 0 saturated carbocycles. The Balaban J connectivity index is 2.28. The van der Waals surface area contributed by atoms with Crippen LogP contribution in [0.5, 0.6) is 11.5 Å². The number of Topliss-reactive ketones (excluding diaryl/α,β-unsaturated/α-hetero) is 1. The maximum Gasteiger partial charge on any atom is 0.167 e. The fourth-order valence-electron chi connectivity index (χ4n) is 2.52. The molecule has 0 fully saturated rings. The summed E-state index contributed by atoms with van der Waals surface area (Å²) in [7, 11) is 3.19. The van der Waals surface area contributed by atoms with E-state index in [1.54, 1.807) is 14.2 Å². The summed E-state index contributed by atoms with van der Waals surface area (Å²) >= 11 is 0. The van der Waals surface area contributed by atoms with Gasteiger partial charge in [-0.15, -0.1) is 0 Å². The van der Waals surface area contributed by atoms with Gasteiger partial charge in [-0.05, 0) is 42.7 Å². The van der Waals surface area contributed by atoms with Crippen molar-refractivity contribution in [1.29, 1.82) is 0 Å². The normalized spacial score (nSPS) is 10.3. The van der Waals surface area contributed by atoms with Crippen LogP contribution in [0.25, 0.3) is 0 Å². The second-order valence-corrected chi connectivity index (χ2v) is 5.06. The number of ketones is 1. The largest absolute Gasteiger partial charge is 0.493 e. The average molecular weight is 284 g/mol. The molecule has 0 aliphatic carbocycles. The van der Waals surface area contributed by atoms with Gasteiger partial charge in [0.25, 0.3) is 0 Å². The lowest BCUT2D eigenvalue weighted by Gasteiger charge is -2.11. The number of hydrogen-bond donors (Lipinski definition) is 0. The SMILES string of the molecule is COc1ccc(CC(=O)c2c(C)cccc2C)cc1OC. The second-order valence-electron chi connectivity index (χ2n) is 5.06. The van der Waals surface area contributed by atoms with Crippen LogP contribution in [-0.4, -0.2) is 20.0 Å². The van der Waals surface area contributed by atoms with Crippen LogP contribution in [0.15, 0.2) is 36.4 Å². The highest BCUT2D eigenvalue weighted by Crippen LogP contribution is 2.28. The molecular weight excluding hydrogens is 264 g/mol. The molecule has 0 spiro atoms. The van der Waals surface area contributed by atoms with Crippen molar-refractivity contribution < 1.29 is 14.3 Å². The summed E-state index contributed by atoms with van der Waals surface area (Å²) in [5, 5.41) is 0. The Morgan fingerprint density at radius 1 is 0.952 bits per heavy atom. The van der Waals surface area contributed by atoms with Crippen LogP contribution in [0.2, 0.25) is 0 Å². The van der Waals surface area contributed by atoms with Gasteiger partial charge in [-0.3, -0.25) is 4.79 Å². The molecule has 21 heavy (non-hydrogen) atoms. The lowest BCUT2D eigenvalue weighted by Crippen LogP contribution is -2.08. The van der Waals surface area contributed by atoms with E-state index in [9.17, 15) is 4.79 Å². The van der Waals surface area contributed by atoms with Gasteiger partial charge in [0.15, 0.2) is 17.3 Å². The van der Waals surface area contributed by atoms with Crippen molar-refractivity contribution in [2.75, 3.05) is 14.2 Å². The first kappa shape index (κ1) is 15.1. The summed E-state index contributed by atoms with van der Waals surface area (Å²) in [5.41, 5.74) is 3.76. The lowest BCUT2D eigenvalue weighted by atomic mass is 9.95. The van der Waals surface area contributed by atoms with Crippen molar-refractivity contribution in [3.8, 4) is 11.5 Å². The van der Waals surface area contributed by atoms with Crippen LogP contribution in [0.1, 0.15) is 27.0 Å². The van der Waals surface area contributed by atoms with E-state index in [-0.39, 0.29) is 5.78 Å². The molecule has 3 heteroatoms. The minimum atomic E-state index is 0.123. The first-order valence-electron chi connectivity index (χ1n) is 6.87. The molecule has 0 aliphatic heterocycles. The predicted molar refractivity (Wildman–Crippen MR) is 83.5 cm³/mol. The van der Waals surface area contributed by atoms with Crippen molar-refractivity contribution in [2.45, 2.75) is 20.3 Å². The second kappa shape index (κ2) is 6.44. The molecular formula is C18H20O3. The van der Waals surface area contributed by atoms with Crippen LogP contribution in [0, 0.1) is 13.8 Å². The van der Waals surface area contributed by atoms with E-state index in [4.69, 9.17) is 9.47 Å². The van der Waals surface area contributed by atoms with Crippen LogP contribution >= 0.6 is 0 Å². The van der Waals surface area contributed by atoms with Crippen molar-refractivity contribution in [2.24, 2.45) is 0 Å². The van der Waals surface area contributed by atoms with E-state index < -0.39 is 0 Å². The van der Waals surface area contributed by atoms with E-state index >= 15 is 0 Å². The first-order valence-corrected chi connectivity index (χ1v) is 6.87. The summed E-state index contributed by atoms with van der Waals surface area (Å²) in [6.07, 6.45) is 0.353. The molecule has 2 aromatic carbocycles. The van der Waals surface area contributed by atoms with E-state index in [1.165, 1.54) is 0 Å². The molecule has 0 aliphatic rings. The van der Waals surface area contributed by atoms with E-state index in [0.717, 1.165) is 22.3 Å². The summed E-state index contributed by atoms with van der Waals surface area (Å²) in [5.74, 6) is 1.43. The zero-order valence-electron chi connectivity index (χ0n) is 12.9. The van der Waals surface area contributed by atoms with E-state index in [0.29, 0.717) is 17.9 Å². The number of methoxy groups -OCH3 is 2. The zero-order valence-corrected chi connectivity index (χ0v) is 12.9. The molecule has 3 nitrogen and oxygen atoms in total. The monoisotopic (exact) mass is 284 g/mol. The molecule has 0 heterocycles. The Kier molecular flexibility index (Phi) is 4.63. The Morgan fingerprint density at radius 3 is 2.14 bits per heavy atom. The number of ether oxygens (including phenoxy) is 2. The third kappa shape index (κ3) is 3.24. The number of rotatable bonds is 5. The number of benzene rings is 2. The average Bonchev–Trinajstić information content (AvgIpc) is 2.46. The fraction of sp³-hybridized carbons (Fsp3) is 0.278. The van der Waals surface area contributed by atoms with Crippen molar-refractivity contribution in [3.63, 3.8) is 0 Å². The molecule has 0 atom stereocenters. The minimum Gasteiger partial charge on any atom is -0.493 e. The van der Waals surface area contributed by atoms with E-state index in [2.05, 4.69) is 0 Å². The lowest BCUT2D eigenvalue weighted by molar-refractivity contribution is 0.0991. The predicted octanol–water partition coefficient (Wildman–Crippen LogP) is 3.75. The third-order valence-corrected chi connectivity index (χ3v) is 3.57. The quantitative estimate of drug-likeness (QED) is 0.784. The summed E-state index contributed by atoms with van der Waals surface area (Å²) < 4.78 is 10.5. The van der Waals surface area contributed by atoms with Gasteiger partial charge in [-0.1, -0.05) is 24.3 Å². The molecule has 0 bridgehead atoms. The van der Waals surface area contributed by atoms with Crippen LogP contribution in [0.4, 0.5) is 0 Å². The molecule has 110 valence electrons. The van der Waals surface area contributed by atoms with Gasteiger partial charge in [0.05, 0.1) is 14.2 Å². The Hall–Kier alpha value is -2.29. The van der Waals surface area contributed by atoms with Gasteiger partial charge in [-0.2, -0.15) is 0 Å². The number of aryl methyl sites for hydroxylation is 2. The van der Waals surface area contributed by atoms with Crippen molar-refractivity contribution in [3.05, 3.63) is 58.7 Å². The van der Waals surface area contributed by atoms with Gasteiger partial charge >= 0.3 is 0 Å². The molecule has 0 amide bonds. The van der Waals surface area contributed by atoms with Gasteiger partial charge in [-0.25, -0.2) is 0 Å². The van der Waals surface area contributed by atoms with Gasteiger partial charge in [0, 0.05) is 12.0 Å². The summed E-state index contributed by atoms with van der Waals surface area (Å²) in [4.78, 5) is 12.5. The number of hydrogen-bond acceptors (Lipinski definition) is 3. The molecule has 0 aromatic heterocycles. The molecule has 2 aromatic rings. The Bertz CT molecular complexity index is 639. The zero-order chi connectivity index (χ0) is 15.4. The standard InChI is InChI=1S/C18H20O3/c1-12-6-5-7-13(2)18(12)15(19)10-14-8-9-16(20-3)17(11-14)21-4/h5-9,11H,10H2,1-4H3. The van der Waals surface area contributed by atoms with Crippen LogP contribution < -0.4 is 9.47 Å². The highest BCUT2D eigenvalue weighted by atomic mass is 16.5. The topological polar surface area (TPSA) is 35.5 Å². The molecule has 0 radical (unpaired) electrons. The highest BCUT2D eigenvalue weighted by Gasteiger charge is 2.14. The van der Waals surface area contributed by atoms with Gasteiger partial charge in [0.1, 0.15) is 0 Å². The van der Waals surface area contributed by atoms with Crippen LogP contribution in [-0.2, 0) is 6.42 Å². The molecule has 0 saturated heterocycles. The maximum absolute atomic E-state index is 12.5. The van der Waals surface area contributed by atoms with Crippen molar-refractivity contribution >= 4 is 5.78 Å². The fourth-order valence-corrected chi connectivity index (χ4v) is 2.52. The van der Waals surface area contributed by atoms with E-state index in [1.807, 2.05) is 50.2 Å². The molecule has 0 unspecified atom stereocenters. The Labute approximate surface area is 125 Å². The van der Waals surface area contributed by atoms with Crippen LogP contribution in [0.3, 0.4) is 0 Å². The third-order valence-electron chi connectivity index (χ3n) is 3.57. The molecule has 2 rings (SSSR count). The minimum absolute atomic E-state index is 0.123. The number of carbonyl (C=O) groups is 1. The highest BCUT2D eigenvalue weighted by molar-refractivity contribution is 6.00. The van der Waals surface area contributed by atoms with Crippen molar-refractivity contribution in [1.82, 2.24) is 0 Å². The summed E-state index contributed by atoms with van der Waals surface area (Å²) in [6, 6.07) is 11.5. The Morgan fingerprint density at radius 2 is 1.57 bits per heavy atom. The van der Waals surface area contributed by atoms with Gasteiger partial charge in [0.2, 0.25) is 0 Å². The van der Waals surface area contributed by atoms with Gasteiger partial charge < -0.3 is 9.47 Å². The first-order chi connectivity index (χ1) is 10.1. The molecule has 0 N–H and O–H groups in total. The summed E-state index contributed by atoms with van der Waals surface area (Å²) in [6.45, 7) is 3.93. The smallest absolute Gasteiger partial charge is 0.167 e. The number of carbonyl (C=O) groups excluding carboxylic acids is 1. The maximum atomic E-state index is 12.5.